The molecule has 3 heteroatoms. The van der Waals surface area contributed by atoms with E-state index in [1.807, 2.05) is 27.7 Å². The molecule has 0 amide bonds. The average Bonchev–Trinajstić information content (AvgIpc) is 2.19. The quantitative estimate of drug-likeness (QED) is 0.525. The van der Waals surface area contributed by atoms with E-state index < -0.39 is 0 Å². The molecule has 0 saturated carbocycles. The number of halogens is 1. The van der Waals surface area contributed by atoms with Gasteiger partial charge >= 0.3 is 0 Å². The number of nitrogens with one attached hydrogen (secondary N) is 2. The van der Waals surface area contributed by atoms with Gasteiger partial charge in [-0.3, -0.25) is 0 Å². The maximum atomic E-state index is 11.7. The van der Waals surface area contributed by atoms with E-state index in [1.54, 1.807) is 0 Å². The molecule has 0 spiro atoms. The molecule has 0 aromatic heterocycles. The number of hydrogen-bond donors (Lipinski definition) is 2. The third-order valence-corrected chi connectivity index (χ3v) is 1.44. The van der Waals surface area contributed by atoms with Crippen molar-refractivity contribution in [2.24, 2.45) is 0 Å². The summed E-state index contributed by atoms with van der Waals surface area (Å²) in [5, 5.41) is 2.93. The Kier molecular flexibility index (Phi) is 10.7. The first-order valence-electron chi connectivity index (χ1n) is 4.78. The minimum Gasteiger partial charge on any atom is -0.358 e. The normalized spacial score (nSPS) is 9.64. The van der Waals surface area contributed by atoms with E-state index in [9.17, 15) is 4.48 Å². The van der Waals surface area contributed by atoms with Crippen LogP contribution in [0.1, 0.15) is 34.1 Å². The van der Waals surface area contributed by atoms with Gasteiger partial charge in [0.25, 0.3) is 0 Å². The summed E-state index contributed by atoms with van der Waals surface area (Å²) >= 11 is 0. The maximum Gasteiger partial charge on any atom is 0.0487 e. The highest BCUT2D eigenvalue weighted by molar-refractivity contribution is 5.24. The van der Waals surface area contributed by atoms with Crippen LogP contribution >= 0.6 is 0 Å². The van der Waals surface area contributed by atoms with Crippen molar-refractivity contribution in [3.05, 3.63) is 36.3 Å². The number of rotatable bonds is 5. The molecule has 0 aliphatic carbocycles. The standard InChI is InChI=1S/C9H15FN2.C2H6/c1-5-9(6-11-10)12-8(4)7(2)3;1-2/h6,11-12H,2,4-5H2,1,3H3;1-2H3/b9-6+;. The Morgan fingerprint density at radius 3 is 2.14 bits per heavy atom. The van der Waals surface area contributed by atoms with E-state index in [0.29, 0.717) is 12.1 Å². The van der Waals surface area contributed by atoms with Crippen molar-refractivity contribution in [2.75, 3.05) is 0 Å². The first-order valence-corrected chi connectivity index (χ1v) is 4.78. The molecule has 0 saturated heterocycles. The summed E-state index contributed by atoms with van der Waals surface area (Å²) < 4.78 is 11.7. The first kappa shape index (κ1) is 15.2. The van der Waals surface area contributed by atoms with E-state index in [1.165, 1.54) is 11.7 Å². The zero-order valence-electron chi connectivity index (χ0n) is 9.58. The Bertz CT molecular complexity index is 207. The van der Waals surface area contributed by atoms with Crippen molar-refractivity contribution in [3.63, 3.8) is 0 Å². The van der Waals surface area contributed by atoms with Crippen LogP contribution in [-0.2, 0) is 0 Å². The molecular formula is C11H21FN2. The molecule has 0 unspecified atom stereocenters. The third-order valence-electron chi connectivity index (χ3n) is 1.44. The minimum atomic E-state index is 0.707. The molecule has 0 rings (SSSR count). The second-order valence-electron chi connectivity index (χ2n) is 2.52. The Morgan fingerprint density at radius 1 is 1.36 bits per heavy atom. The van der Waals surface area contributed by atoms with E-state index in [0.717, 1.165) is 11.3 Å². The van der Waals surface area contributed by atoms with Gasteiger partial charge in [0.2, 0.25) is 0 Å². The van der Waals surface area contributed by atoms with Crippen molar-refractivity contribution in [3.8, 4) is 0 Å². The van der Waals surface area contributed by atoms with Crippen LogP contribution in [0.25, 0.3) is 0 Å². The second-order valence-corrected chi connectivity index (χ2v) is 2.52. The van der Waals surface area contributed by atoms with Crippen LogP contribution in [0.2, 0.25) is 0 Å². The topological polar surface area (TPSA) is 24.1 Å². The maximum absolute atomic E-state index is 11.7. The molecule has 2 N–H and O–H groups in total. The zero-order chi connectivity index (χ0) is 11.6. The predicted octanol–water partition coefficient (Wildman–Crippen LogP) is 3.42. The van der Waals surface area contributed by atoms with Crippen molar-refractivity contribution in [2.45, 2.75) is 34.1 Å². The molecule has 0 aliphatic rings. The molecule has 14 heavy (non-hydrogen) atoms. The fourth-order valence-electron chi connectivity index (χ4n) is 0.593. The van der Waals surface area contributed by atoms with Crippen LogP contribution < -0.4 is 10.9 Å². The highest BCUT2D eigenvalue weighted by atomic mass is 19.2. The molecule has 0 atom stereocenters. The number of hydrogen-bond acceptors (Lipinski definition) is 2. The van der Waals surface area contributed by atoms with Gasteiger partial charge < -0.3 is 5.32 Å². The van der Waals surface area contributed by atoms with Gasteiger partial charge in [-0.15, -0.1) is 4.48 Å². The van der Waals surface area contributed by atoms with Gasteiger partial charge in [0.15, 0.2) is 0 Å². The molecular weight excluding hydrogens is 179 g/mol. The monoisotopic (exact) mass is 200 g/mol. The number of allylic oxidation sites excluding steroid dienone is 2. The van der Waals surface area contributed by atoms with Crippen LogP contribution in [0.4, 0.5) is 4.48 Å². The Hall–Kier alpha value is -1.25. The SMILES string of the molecule is C=C(C)C(=C)N/C(=C/NF)CC.CC. The lowest BCUT2D eigenvalue weighted by molar-refractivity contribution is 0.403. The third kappa shape index (κ3) is 7.40. The molecule has 82 valence electrons. The Morgan fingerprint density at radius 2 is 1.86 bits per heavy atom. The van der Waals surface area contributed by atoms with Crippen LogP contribution in [0.5, 0.6) is 0 Å². The van der Waals surface area contributed by atoms with Gasteiger partial charge in [-0.2, -0.15) is 0 Å². The molecule has 0 heterocycles. The van der Waals surface area contributed by atoms with Crippen LogP contribution in [-0.4, -0.2) is 0 Å². The molecule has 0 fully saturated rings. The van der Waals surface area contributed by atoms with E-state index in [-0.39, 0.29) is 0 Å². The van der Waals surface area contributed by atoms with Gasteiger partial charge in [-0.05, 0) is 18.9 Å². The van der Waals surface area contributed by atoms with Gasteiger partial charge in [-0.1, -0.05) is 33.9 Å². The van der Waals surface area contributed by atoms with E-state index in [2.05, 4.69) is 18.5 Å². The van der Waals surface area contributed by atoms with Gasteiger partial charge in [0.05, 0.1) is 0 Å². The summed E-state index contributed by atoms with van der Waals surface area (Å²) in [5.41, 5.74) is 3.76. The molecule has 2 nitrogen and oxygen atoms in total. The Balaban J connectivity index is 0. The average molecular weight is 200 g/mol. The molecule has 0 radical (unpaired) electrons. The summed E-state index contributed by atoms with van der Waals surface area (Å²) in [7, 11) is 0. The second kappa shape index (κ2) is 9.84. The summed E-state index contributed by atoms with van der Waals surface area (Å²) in [6, 6.07) is 0. The highest BCUT2D eigenvalue weighted by Gasteiger charge is 1.96. The molecule has 0 bridgehead atoms. The van der Waals surface area contributed by atoms with Gasteiger partial charge in [-0.25, -0.2) is 5.54 Å². The fourth-order valence-corrected chi connectivity index (χ4v) is 0.593. The smallest absolute Gasteiger partial charge is 0.0487 e. The highest BCUT2D eigenvalue weighted by Crippen LogP contribution is 2.04. The fraction of sp³-hybridized carbons (Fsp3) is 0.455. The lowest BCUT2D eigenvalue weighted by atomic mass is 10.2. The van der Waals surface area contributed by atoms with Gasteiger partial charge in [0, 0.05) is 17.6 Å². The largest absolute Gasteiger partial charge is 0.358 e. The van der Waals surface area contributed by atoms with Crippen molar-refractivity contribution >= 4 is 0 Å². The van der Waals surface area contributed by atoms with Crippen LogP contribution in [0.15, 0.2) is 36.3 Å². The summed E-state index contributed by atoms with van der Waals surface area (Å²) in [4.78, 5) is 0. The first-order chi connectivity index (χ1) is 6.61. The zero-order valence-corrected chi connectivity index (χ0v) is 9.58. The van der Waals surface area contributed by atoms with Gasteiger partial charge in [0.1, 0.15) is 0 Å². The van der Waals surface area contributed by atoms with Crippen molar-refractivity contribution in [1.82, 2.24) is 10.9 Å². The van der Waals surface area contributed by atoms with E-state index >= 15 is 0 Å². The molecule has 0 aromatic carbocycles. The summed E-state index contributed by atoms with van der Waals surface area (Å²) in [6.45, 7) is 15.2. The Labute approximate surface area is 86.5 Å². The van der Waals surface area contributed by atoms with E-state index in [4.69, 9.17) is 0 Å². The lowest BCUT2D eigenvalue weighted by Gasteiger charge is -2.10. The minimum absolute atomic E-state index is 0.707. The van der Waals surface area contributed by atoms with Crippen LogP contribution in [0.3, 0.4) is 0 Å². The molecule has 0 aliphatic heterocycles. The predicted molar refractivity (Wildman–Crippen MR) is 61.1 cm³/mol. The lowest BCUT2D eigenvalue weighted by Crippen LogP contribution is -2.13. The van der Waals surface area contributed by atoms with Crippen molar-refractivity contribution < 1.29 is 4.48 Å². The van der Waals surface area contributed by atoms with Crippen LogP contribution in [0, 0.1) is 0 Å². The summed E-state index contributed by atoms with van der Waals surface area (Å²) in [5.74, 6) is 0. The molecule has 0 aromatic rings. The summed E-state index contributed by atoms with van der Waals surface area (Å²) in [6.07, 6.45) is 1.97. The van der Waals surface area contributed by atoms with Crippen molar-refractivity contribution in [1.29, 1.82) is 0 Å².